The summed E-state index contributed by atoms with van der Waals surface area (Å²) in [6, 6.07) is 1.80. The summed E-state index contributed by atoms with van der Waals surface area (Å²) in [5.41, 5.74) is -0.514. The van der Waals surface area contributed by atoms with Gasteiger partial charge in [-0.25, -0.2) is 0 Å². The van der Waals surface area contributed by atoms with Crippen LogP contribution < -0.4 is 0 Å². The molecule has 0 aromatic rings. The Morgan fingerprint density at radius 2 is 1.94 bits per heavy atom. The van der Waals surface area contributed by atoms with Crippen LogP contribution in [0, 0.1) is 16.7 Å². The van der Waals surface area contributed by atoms with Crippen LogP contribution in [-0.2, 0) is 9.59 Å². The molecular formula is C13H20N2O2. The van der Waals surface area contributed by atoms with Crippen LogP contribution in [0.1, 0.15) is 52.9 Å². The van der Waals surface area contributed by atoms with E-state index in [9.17, 15) is 9.59 Å². The highest BCUT2D eigenvalue weighted by Crippen LogP contribution is 2.40. The Balaban J connectivity index is 3.00. The standard InChI is InChI=1S/C13H20N2O2/c1-4-10(7-8-14)15-11(16)9-13(5-2,6-3)12(15)17/h10H,4-7,9H2,1-3H3. The highest BCUT2D eigenvalue weighted by atomic mass is 16.2. The van der Waals surface area contributed by atoms with Gasteiger partial charge in [0.05, 0.1) is 23.9 Å². The molecule has 94 valence electrons. The highest BCUT2D eigenvalue weighted by molar-refractivity contribution is 6.06. The molecule has 0 aliphatic carbocycles. The first-order valence-electron chi connectivity index (χ1n) is 6.29. The van der Waals surface area contributed by atoms with Crippen molar-refractivity contribution >= 4 is 11.8 Å². The summed E-state index contributed by atoms with van der Waals surface area (Å²) in [5, 5.41) is 8.75. The molecule has 0 radical (unpaired) electrons. The monoisotopic (exact) mass is 236 g/mol. The van der Waals surface area contributed by atoms with Gasteiger partial charge in [-0.05, 0) is 19.3 Å². The smallest absolute Gasteiger partial charge is 0.236 e. The normalized spacial score (nSPS) is 20.5. The Morgan fingerprint density at radius 3 is 2.29 bits per heavy atom. The summed E-state index contributed by atoms with van der Waals surface area (Å²) in [5.74, 6) is -0.185. The lowest BCUT2D eigenvalue weighted by Gasteiger charge is -2.27. The fourth-order valence-corrected chi connectivity index (χ4v) is 2.51. The van der Waals surface area contributed by atoms with Crippen molar-refractivity contribution < 1.29 is 9.59 Å². The summed E-state index contributed by atoms with van der Waals surface area (Å²) in [6.07, 6.45) is 2.56. The molecule has 1 aliphatic heterocycles. The molecule has 0 N–H and O–H groups in total. The van der Waals surface area contributed by atoms with Crippen molar-refractivity contribution in [2.75, 3.05) is 0 Å². The number of imide groups is 1. The van der Waals surface area contributed by atoms with E-state index in [4.69, 9.17) is 5.26 Å². The number of nitrogens with zero attached hydrogens (tertiary/aromatic N) is 2. The Bertz CT molecular complexity index is 353. The first-order valence-corrected chi connectivity index (χ1v) is 6.29. The van der Waals surface area contributed by atoms with E-state index in [0.717, 1.165) is 0 Å². The lowest BCUT2D eigenvalue weighted by molar-refractivity contribution is -0.144. The van der Waals surface area contributed by atoms with Crippen molar-refractivity contribution in [3.05, 3.63) is 0 Å². The predicted octanol–water partition coefficient (Wildman–Crippen LogP) is 2.24. The van der Waals surface area contributed by atoms with Gasteiger partial charge in [0.1, 0.15) is 0 Å². The van der Waals surface area contributed by atoms with Crippen LogP contribution in [0.15, 0.2) is 0 Å². The van der Waals surface area contributed by atoms with Crippen molar-refractivity contribution in [2.45, 2.75) is 58.9 Å². The zero-order valence-corrected chi connectivity index (χ0v) is 10.8. The molecule has 0 saturated carbocycles. The van der Waals surface area contributed by atoms with Gasteiger partial charge in [-0.3, -0.25) is 14.5 Å². The molecular weight excluding hydrogens is 216 g/mol. The predicted molar refractivity (Wildman–Crippen MR) is 63.8 cm³/mol. The van der Waals surface area contributed by atoms with E-state index < -0.39 is 5.41 Å². The third kappa shape index (κ3) is 2.19. The topological polar surface area (TPSA) is 61.2 Å². The van der Waals surface area contributed by atoms with Crippen molar-refractivity contribution in [3.63, 3.8) is 0 Å². The number of rotatable bonds is 5. The van der Waals surface area contributed by atoms with Gasteiger partial charge in [0.2, 0.25) is 11.8 Å². The molecule has 0 bridgehead atoms. The molecule has 1 fully saturated rings. The Morgan fingerprint density at radius 1 is 1.35 bits per heavy atom. The van der Waals surface area contributed by atoms with Gasteiger partial charge < -0.3 is 0 Å². The van der Waals surface area contributed by atoms with Gasteiger partial charge in [-0.15, -0.1) is 0 Å². The third-order valence-corrected chi connectivity index (χ3v) is 3.95. The first kappa shape index (κ1) is 13.7. The average molecular weight is 236 g/mol. The lowest BCUT2D eigenvalue weighted by Crippen LogP contribution is -2.42. The summed E-state index contributed by atoms with van der Waals surface area (Å²) in [4.78, 5) is 25.7. The Kier molecular flexibility index (Phi) is 4.28. The molecule has 1 unspecified atom stereocenters. The zero-order valence-electron chi connectivity index (χ0n) is 10.8. The molecule has 4 nitrogen and oxygen atoms in total. The number of nitriles is 1. The molecule has 1 saturated heterocycles. The largest absolute Gasteiger partial charge is 0.278 e. The van der Waals surface area contributed by atoms with Crippen LogP contribution >= 0.6 is 0 Å². The maximum atomic E-state index is 12.4. The minimum absolute atomic E-state index is 0.0744. The van der Waals surface area contributed by atoms with Gasteiger partial charge in [-0.1, -0.05) is 20.8 Å². The summed E-state index contributed by atoms with van der Waals surface area (Å²) in [6.45, 7) is 5.80. The van der Waals surface area contributed by atoms with Crippen LogP contribution in [0.5, 0.6) is 0 Å². The van der Waals surface area contributed by atoms with Crippen molar-refractivity contribution in [1.82, 2.24) is 4.90 Å². The second kappa shape index (κ2) is 5.31. The van der Waals surface area contributed by atoms with Crippen molar-refractivity contribution in [1.29, 1.82) is 5.26 Å². The van der Waals surface area contributed by atoms with Crippen LogP contribution in [0.3, 0.4) is 0 Å². The molecule has 1 aliphatic rings. The molecule has 4 heteroatoms. The minimum atomic E-state index is -0.514. The number of hydrogen-bond donors (Lipinski definition) is 0. The first-order chi connectivity index (χ1) is 8.06. The molecule has 0 aromatic carbocycles. The van der Waals surface area contributed by atoms with Gasteiger partial charge in [0.25, 0.3) is 0 Å². The van der Waals surface area contributed by atoms with E-state index in [2.05, 4.69) is 6.07 Å². The highest BCUT2D eigenvalue weighted by Gasteiger charge is 2.50. The van der Waals surface area contributed by atoms with Crippen LogP contribution in [0.4, 0.5) is 0 Å². The maximum Gasteiger partial charge on any atom is 0.236 e. The number of amides is 2. The molecule has 0 spiro atoms. The van der Waals surface area contributed by atoms with E-state index in [0.29, 0.717) is 25.7 Å². The molecule has 17 heavy (non-hydrogen) atoms. The van der Waals surface area contributed by atoms with Crippen LogP contribution in [0.2, 0.25) is 0 Å². The van der Waals surface area contributed by atoms with Crippen LogP contribution in [-0.4, -0.2) is 22.8 Å². The zero-order chi connectivity index (χ0) is 13.1. The van der Waals surface area contributed by atoms with Gasteiger partial charge >= 0.3 is 0 Å². The minimum Gasteiger partial charge on any atom is -0.278 e. The second-order valence-electron chi connectivity index (χ2n) is 4.66. The molecule has 1 heterocycles. The van der Waals surface area contributed by atoms with E-state index >= 15 is 0 Å². The number of hydrogen-bond acceptors (Lipinski definition) is 3. The second-order valence-corrected chi connectivity index (χ2v) is 4.66. The molecule has 0 aromatic heterocycles. The van der Waals surface area contributed by atoms with Crippen molar-refractivity contribution in [2.24, 2.45) is 5.41 Å². The van der Waals surface area contributed by atoms with Crippen LogP contribution in [0.25, 0.3) is 0 Å². The van der Waals surface area contributed by atoms with E-state index in [1.807, 2.05) is 20.8 Å². The van der Waals surface area contributed by atoms with E-state index in [-0.39, 0.29) is 24.3 Å². The summed E-state index contributed by atoms with van der Waals surface area (Å²) >= 11 is 0. The fraction of sp³-hybridized carbons (Fsp3) is 0.769. The lowest BCUT2D eigenvalue weighted by atomic mass is 9.81. The fourth-order valence-electron chi connectivity index (χ4n) is 2.51. The van der Waals surface area contributed by atoms with E-state index in [1.165, 1.54) is 4.90 Å². The maximum absolute atomic E-state index is 12.4. The molecule has 1 rings (SSSR count). The number of likely N-dealkylation sites (tertiary alicyclic amines) is 1. The van der Waals surface area contributed by atoms with Gasteiger partial charge in [-0.2, -0.15) is 5.26 Å². The Hall–Kier alpha value is -1.37. The number of carbonyl (C=O) groups excluding carboxylic acids is 2. The van der Waals surface area contributed by atoms with Gasteiger partial charge in [0, 0.05) is 6.42 Å². The van der Waals surface area contributed by atoms with E-state index in [1.54, 1.807) is 0 Å². The quantitative estimate of drug-likeness (QED) is 0.688. The van der Waals surface area contributed by atoms with Crippen molar-refractivity contribution in [3.8, 4) is 6.07 Å². The molecule has 2 amide bonds. The third-order valence-electron chi connectivity index (χ3n) is 3.95. The van der Waals surface area contributed by atoms with Gasteiger partial charge in [0.15, 0.2) is 0 Å². The summed E-state index contributed by atoms with van der Waals surface area (Å²) < 4.78 is 0. The Labute approximate surface area is 103 Å². The molecule has 1 atom stereocenters. The number of carbonyl (C=O) groups is 2. The summed E-state index contributed by atoms with van der Waals surface area (Å²) in [7, 11) is 0. The SMILES string of the molecule is CCC(CC#N)N1C(=O)CC(CC)(CC)C1=O. The average Bonchev–Trinajstić information content (AvgIpc) is 2.59.